The van der Waals surface area contributed by atoms with Gasteiger partial charge in [-0.1, -0.05) is 11.6 Å². The first kappa shape index (κ1) is 13.9. The van der Waals surface area contributed by atoms with Gasteiger partial charge in [0.25, 0.3) is 11.6 Å². The molecule has 0 saturated carbocycles. The second-order valence-electron chi connectivity index (χ2n) is 3.86. The second kappa shape index (κ2) is 6.11. The first-order valence-corrected chi connectivity index (χ1v) is 6.02. The highest BCUT2D eigenvalue weighted by atomic mass is 35.5. The van der Waals surface area contributed by atoms with Crippen LogP contribution in [0.25, 0.3) is 0 Å². The molecule has 2 N–H and O–H groups in total. The number of halogens is 1. The monoisotopic (exact) mass is 295 g/mol. The predicted molar refractivity (Wildman–Crippen MR) is 70.5 cm³/mol. The Labute approximate surface area is 118 Å². The number of aromatic amines is 1. The zero-order valence-corrected chi connectivity index (χ0v) is 10.9. The lowest BCUT2D eigenvalue weighted by Gasteiger charge is -2.04. The van der Waals surface area contributed by atoms with Crippen LogP contribution in [0.3, 0.4) is 0 Å². The molecule has 1 aromatic carbocycles. The minimum atomic E-state index is -0.603. The van der Waals surface area contributed by atoms with Crippen molar-refractivity contribution in [2.75, 3.05) is 6.54 Å². The van der Waals surface area contributed by atoms with E-state index in [2.05, 4.69) is 20.5 Å². The summed E-state index contributed by atoms with van der Waals surface area (Å²) < 4.78 is 0. The topological polar surface area (TPSA) is 114 Å². The van der Waals surface area contributed by atoms with E-state index in [9.17, 15) is 14.9 Å². The standard InChI is InChI=1S/C11H10ClN5O3/c12-8-5-7(1-2-9(8)17(19)20)11(18)13-4-3-10-14-6-15-16-10/h1-2,5-6H,3-4H2,(H,13,18)(H,14,15,16). The molecule has 0 unspecified atom stereocenters. The molecule has 0 bridgehead atoms. The Hall–Kier alpha value is -2.48. The first-order valence-electron chi connectivity index (χ1n) is 5.64. The van der Waals surface area contributed by atoms with Gasteiger partial charge in [0, 0.05) is 24.6 Å². The van der Waals surface area contributed by atoms with Gasteiger partial charge < -0.3 is 5.32 Å². The molecule has 0 fully saturated rings. The van der Waals surface area contributed by atoms with Crippen LogP contribution in [-0.2, 0) is 6.42 Å². The third kappa shape index (κ3) is 3.29. The number of amides is 1. The van der Waals surface area contributed by atoms with E-state index >= 15 is 0 Å². The van der Waals surface area contributed by atoms with Crippen LogP contribution in [0.2, 0.25) is 5.02 Å². The molecule has 2 aromatic rings. The van der Waals surface area contributed by atoms with Gasteiger partial charge in [-0.15, -0.1) is 0 Å². The number of nitrogens with zero attached hydrogens (tertiary/aromatic N) is 3. The van der Waals surface area contributed by atoms with Crippen molar-refractivity contribution in [1.29, 1.82) is 0 Å². The average molecular weight is 296 g/mol. The van der Waals surface area contributed by atoms with E-state index < -0.39 is 4.92 Å². The summed E-state index contributed by atoms with van der Waals surface area (Å²) >= 11 is 5.74. The molecule has 1 heterocycles. The maximum atomic E-state index is 11.8. The molecule has 0 atom stereocenters. The Kier molecular flexibility index (Phi) is 4.26. The summed E-state index contributed by atoms with van der Waals surface area (Å²) in [5, 5.41) is 19.6. The average Bonchev–Trinajstić information content (AvgIpc) is 2.91. The Morgan fingerprint density at radius 1 is 1.50 bits per heavy atom. The molecular weight excluding hydrogens is 286 g/mol. The number of nitrogens with one attached hydrogen (secondary N) is 2. The maximum Gasteiger partial charge on any atom is 0.287 e. The zero-order valence-electron chi connectivity index (χ0n) is 10.2. The Bertz CT molecular complexity index is 629. The van der Waals surface area contributed by atoms with Crippen LogP contribution in [-0.4, -0.2) is 32.6 Å². The molecule has 1 aromatic heterocycles. The van der Waals surface area contributed by atoms with Crippen LogP contribution in [0.5, 0.6) is 0 Å². The van der Waals surface area contributed by atoms with E-state index in [1.807, 2.05) is 0 Å². The number of hydrogen-bond donors (Lipinski definition) is 2. The van der Waals surface area contributed by atoms with Gasteiger partial charge in [-0.2, -0.15) is 5.10 Å². The summed E-state index contributed by atoms with van der Waals surface area (Å²) in [5.41, 5.74) is 0.0306. The van der Waals surface area contributed by atoms with Crippen LogP contribution in [0.1, 0.15) is 16.2 Å². The van der Waals surface area contributed by atoms with E-state index in [0.717, 1.165) is 0 Å². The van der Waals surface area contributed by atoms with Crippen LogP contribution < -0.4 is 5.32 Å². The summed E-state index contributed by atoms with van der Waals surface area (Å²) in [6.45, 7) is 0.364. The van der Waals surface area contributed by atoms with E-state index in [-0.39, 0.29) is 22.2 Å². The molecule has 0 aliphatic rings. The number of nitro benzene ring substituents is 1. The van der Waals surface area contributed by atoms with Gasteiger partial charge in [-0.05, 0) is 12.1 Å². The van der Waals surface area contributed by atoms with Crippen molar-refractivity contribution >= 4 is 23.2 Å². The lowest BCUT2D eigenvalue weighted by molar-refractivity contribution is -0.384. The lowest BCUT2D eigenvalue weighted by Crippen LogP contribution is -2.26. The van der Waals surface area contributed by atoms with Crippen molar-refractivity contribution in [2.45, 2.75) is 6.42 Å². The third-order valence-electron chi connectivity index (χ3n) is 2.52. The Morgan fingerprint density at radius 3 is 2.90 bits per heavy atom. The fourth-order valence-electron chi connectivity index (χ4n) is 1.54. The Morgan fingerprint density at radius 2 is 2.30 bits per heavy atom. The molecule has 8 nitrogen and oxygen atoms in total. The van der Waals surface area contributed by atoms with Crippen LogP contribution in [0.4, 0.5) is 5.69 Å². The minimum absolute atomic E-state index is 0.0714. The Balaban J connectivity index is 1.95. The van der Waals surface area contributed by atoms with Crippen molar-refractivity contribution in [3.8, 4) is 0 Å². The van der Waals surface area contributed by atoms with Gasteiger partial charge in [0.15, 0.2) is 0 Å². The molecule has 0 aliphatic carbocycles. The van der Waals surface area contributed by atoms with Gasteiger partial charge in [0.05, 0.1) is 4.92 Å². The normalized spacial score (nSPS) is 10.2. The van der Waals surface area contributed by atoms with Crippen LogP contribution >= 0.6 is 11.6 Å². The molecule has 0 spiro atoms. The highest BCUT2D eigenvalue weighted by Crippen LogP contribution is 2.24. The van der Waals surface area contributed by atoms with Crippen molar-refractivity contribution in [3.05, 3.63) is 51.1 Å². The summed E-state index contributed by atoms with van der Waals surface area (Å²) in [6.07, 6.45) is 1.89. The van der Waals surface area contributed by atoms with Gasteiger partial charge in [-0.25, -0.2) is 4.98 Å². The number of benzene rings is 1. The fraction of sp³-hybridized carbons (Fsp3) is 0.182. The summed E-state index contributed by atoms with van der Waals surface area (Å²) in [5.74, 6) is 0.299. The predicted octanol–water partition coefficient (Wildman–Crippen LogP) is 1.34. The zero-order chi connectivity index (χ0) is 14.5. The van der Waals surface area contributed by atoms with Crippen molar-refractivity contribution in [3.63, 3.8) is 0 Å². The second-order valence-corrected chi connectivity index (χ2v) is 4.27. The van der Waals surface area contributed by atoms with Crippen molar-refractivity contribution in [2.24, 2.45) is 0 Å². The number of carbonyl (C=O) groups excluding carboxylic acids is 1. The van der Waals surface area contributed by atoms with Gasteiger partial charge in [0.1, 0.15) is 17.2 Å². The summed E-state index contributed by atoms with van der Waals surface area (Å²) in [4.78, 5) is 25.7. The molecule has 0 saturated heterocycles. The molecule has 1 amide bonds. The van der Waals surface area contributed by atoms with E-state index in [0.29, 0.717) is 18.8 Å². The molecule has 0 radical (unpaired) electrons. The molecular formula is C11H10ClN5O3. The molecule has 9 heteroatoms. The van der Waals surface area contributed by atoms with E-state index in [1.54, 1.807) is 0 Å². The molecule has 104 valence electrons. The highest BCUT2D eigenvalue weighted by Gasteiger charge is 2.15. The summed E-state index contributed by atoms with van der Waals surface area (Å²) in [6, 6.07) is 3.82. The quantitative estimate of drug-likeness (QED) is 0.638. The van der Waals surface area contributed by atoms with Gasteiger partial charge in [0.2, 0.25) is 0 Å². The number of carbonyl (C=O) groups is 1. The van der Waals surface area contributed by atoms with Crippen molar-refractivity contribution in [1.82, 2.24) is 20.5 Å². The highest BCUT2D eigenvalue weighted by molar-refractivity contribution is 6.33. The third-order valence-corrected chi connectivity index (χ3v) is 2.82. The lowest BCUT2D eigenvalue weighted by atomic mass is 10.2. The molecule has 0 aliphatic heterocycles. The number of H-pyrrole nitrogens is 1. The van der Waals surface area contributed by atoms with Crippen LogP contribution in [0, 0.1) is 10.1 Å². The smallest absolute Gasteiger partial charge is 0.287 e. The van der Waals surface area contributed by atoms with E-state index in [1.165, 1.54) is 24.5 Å². The summed E-state index contributed by atoms with van der Waals surface area (Å²) in [7, 11) is 0. The number of aromatic nitrogens is 3. The van der Waals surface area contributed by atoms with Gasteiger partial charge in [-0.3, -0.25) is 20.0 Å². The molecule has 2 rings (SSSR count). The van der Waals surface area contributed by atoms with Crippen molar-refractivity contribution < 1.29 is 9.72 Å². The fourth-order valence-corrected chi connectivity index (χ4v) is 1.79. The number of nitro groups is 1. The van der Waals surface area contributed by atoms with E-state index in [4.69, 9.17) is 11.6 Å². The SMILES string of the molecule is O=C(NCCc1ncn[nH]1)c1ccc([N+](=O)[O-])c(Cl)c1. The number of rotatable bonds is 5. The van der Waals surface area contributed by atoms with Crippen LogP contribution in [0.15, 0.2) is 24.5 Å². The number of hydrogen-bond acceptors (Lipinski definition) is 5. The minimum Gasteiger partial charge on any atom is -0.352 e. The van der Waals surface area contributed by atoms with Gasteiger partial charge >= 0.3 is 0 Å². The largest absolute Gasteiger partial charge is 0.352 e. The first-order chi connectivity index (χ1) is 9.58. The maximum absolute atomic E-state index is 11.8. The molecule has 20 heavy (non-hydrogen) atoms.